The number of benzene rings is 2. The molecule has 1 atom stereocenters. The summed E-state index contributed by atoms with van der Waals surface area (Å²) in [6, 6.07) is 17.5. The van der Waals surface area contributed by atoms with Crippen LogP contribution in [0.5, 0.6) is 0 Å². The van der Waals surface area contributed by atoms with E-state index in [2.05, 4.69) is 38.5 Å². The van der Waals surface area contributed by atoms with E-state index >= 15 is 0 Å². The number of nitrogens with one attached hydrogen (secondary N) is 1. The third kappa shape index (κ3) is 4.27. The van der Waals surface area contributed by atoms with Crippen LogP contribution >= 0.6 is 27.7 Å². The Kier molecular flexibility index (Phi) is 5.37. The molecule has 1 aromatic heterocycles. The van der Waals surface area contributed by atoms with Gasteiger partial charge in [-0.15, -0.1) is 0 Å². The van der Waals surface area contributed by atoms with Gasteiger partial charge in [0.2, 0.25) is 5.91 Å². The Bertz CT molecular complexity index is 801. The van der Waals surface area contributed by atoms with Gasteiger partial charge >= 0.3 is 0 Å². The van der Waals surface area contributed by atoms with Crippen LogP contribution in [-0.2, 0) is 4.79 Å². The molecule has 3 aromatic rings. The number of carbonyl (C=O) groups is 1. The lowest BCUT2D eigenvalue weighted by molar-refractivity contribution is -0.119. The van der Waals surface area contributed by atoms with Crippen LogP contribution in [0, 0.1) is 0 Å². The molecule has 0 saturated carbocycles. The third-order valence-corrected chi connectivity index (χ3v) is 5.02. The molecule has 2 aromatic carbocycles. The molecule has 0 unspecified atom stereocenters. The van der Waals surface area contributed by atoms with Crippen molar-refractivity contribution in [3.05, 3.63) is 71.5 Å². The normalized spacial score (nSPS) is 11.9. The number of hydrogen-bond donors (Lipinski definition) is 1. The number of halogens is 1. The van der Waals surface area contributed by atoms with Gasteiger partial charge in [-0.25, -0.2) is 0 Å². The summed E-state index contributed by atoms with van der Waals surface area (Å²) >= 11 is 5.11. The minimum atomic E-state index is -0.350. The highest BCUT2D eigenvalue weighted by atomic mass is 79.9. The maximum atomic E-state index is 12.2. The van der Waals surface area contributed by atoms with Gasteiger partial charge in [-0.1, -0.05) is 27.7 Å². The lowest BCUT2D eigenvalue weighted by atomic mass is 10.2. The summed E-state index contributed by atoms with van der Waals surface area (Å²) in [7, 11) is 0. The molecule has 0 fully saturated rings. The monoisotopic (exact) mass is 401 g/mol. The van der Waals surface area contributed by atoms with E-state index in [1.165, 1.54) is 4.90 Å². The minimum Gasteiger partial charge on any atom is -0.324 e. The van der Waals surface area contributed by atoms with Crippen molar-refractivity contribution in [1.29, 1.82) is 0 Å². The van der Waals surface area contributed by atoms with Gasteiger partial charge in [0.15, 0.2) is 0 Å². The molecule has 0 radical (unpaired) electrons. The zero-order valence-electron chi connectivity index (χ0n) is 13.0. The summed E-state index contributed by atoms with van der Waals surface area (Å²) in [4.78, 5) is 14.5. The number of rotatable bonds is 5. The largest absolute Gasteiger partial charge is 0.324 e. The predicted octanol–water partition coefficient (Wildman–Crippen LogP) is 5.00. The first-order chi connectivity index (χ1) is 11.6. The van der Waals surface area contributed by atoms with E-state index < -0.39 is 0 Å². The summed E-state index contributed by atoms with van der Waals surface area (Å²) in [5.74, 6) is -0.0907. The first-order valence-corrected chi connectivity index (χ1v) is 9.06. The van der Waals surface area contributed by atoms with Gasteiger partial charge in [-0.2, -0.15) is 5.10 Å². The molecule has 24 heavy (non-hydrogen) atoms. The molecule has 1 heterocycles. The van der Waals surface area contributed by atoms with Gasteiger partial charge in [-0.05, 0) is 61.5 Å². The van der Waals surface area contributed by atoms with Crippen LogP contribution in [0.15, 0.2) is 81.3 Å². The number of carbonyl (C=O) groups excluding carboxylic acids is 1. The standard InChI is InChI=1S/C18H16BrN3OS/c1-13(22-12-2-11-20-22)18(23)21-15-5-9-17(10-6-15)24-16-7-3-14(19)4-8-16/h2-13H,1H3,(H,21,23)/t13-/m0/s1. The third-order valence-electron chi connectivity index (χ3n) is 3.47. The summed E-state index contributed by atoms with van der Waals surface area (Å²) < 4.78 is 2.70. The van der Waals surface area contributed by atoms with E-state index in [9.17, 15) is 4.79 Å². The fraction of sp³-hybridized carbons (Fsp3) is 0.111. The van der Waals surface area contributed by atoms with Crippen LogP contribution < -0.4 is 5.32 Å². The number of hydrogen-bond acceptors (Lipinski definition) is 3. The fourth-order valence-electron chi connectivity index (χ4n) is 2.12. The zero-order chi connectivity index (χ0) is 16.9. The zero-order valence-corrected chi connectivity index (χ0v) is 15.4. The van der Waals surface area contributed by atoms with Gasteiger partial charge in [0.05, 0.1) is 0 Å². The second-order valence-corrected chi connectivity index (χ2v) is 7.29. The number of aromatic nitrogens is 2. The molecular weight excluding hydrogens is 386 g/mol. The lowest BCUT2D eigenvalue weighted by Crippen LogP contribution is -2.23. The van der Waals surface area contributed by atoms with Crippen molar-refractivity contribution in [2.24, 2.45) is 0 Å². The van der Waals surface area contributed by atoms with Crippen LogP contribution in [-0.4, -0.2) is 15.7 Å². The molecule has 0 aliphatic carbocycles. The van der Waals surface area contributed by atoms with Crippen molar-refractivity contribution < 1.29 is 4.79 Å². The highest BCUT2D eigenvalue weighted by Crippen LogP contribution is 2.29. The summed E-state index contributed by atoms with van der Waals surface area (Å²) in [6.07, 6.45) is 3.44. The quantitative estimate of drug-likeness (QED) is 0.654. The Morgan fingerprint density at radius 1 is 1.12 bits per heavy atom. The van der Waals surface area contributed by atoms with Crippen LogP contribution in [0.4, 0.5) is 5.69 Å². The second kappa shape index (κ2) is 7.68. The van der Waals surface area contributed by atoms with E-state index in [0.717, 1.165) is 15.1 Å². The highest BCUT2D eigenvalue weighted by Gasteiger charge is 2.14. The lowest BCUT2D eigenvalue weighted by Gasteiger charge is -2.13. The molecule has 1 amide bonds. The van der Waals surface area contributed by atoms with Crippen LogP contribution in [0.1, 0.15) is 13.0 Å². The molecule has 3 rings (SSSR count). The first-order valence-electron chi connectivity index (χ1n) is 7.45. The molecule has 1 N–H and O–H groups in total. The number of anilines is 1. The van der Waals surface area contributed by atoms with Crippen molar-refractivity contribution in [2.45, 2.75) is 22.8 Å². The van der Waals surface area contributed by atoms with Crippen LogP contribution in [0.25, 0.3) is 0 Å². The molecule has 6 heteroatoms. The van der Waals surface area contributed by atoms with E-state index in [1.807, 2.05) is 43.3 Å². The maximum absolute atomic E-state index is 12.2. The smallest absolute Gasteiger partial charge is 0.248 e. The Labute approximate surface area is 153 Å². The second-order valence-electron chi connectivity index (χ2n) is 5.23. The summed E-state index contributed by atoms with van der Waals surface area (Å²) in [6.45, 7) is 1.82. The van der Waals surface area contributed by atoms with Crippen LogP contribution in [0.3, 0.4) is 0 Å². The van der Waals surface area contributed by atoms with E-state index in [4.69, 9.17) is 0 Å². The Morgan fingerprint density at radius 3 is 2.33 bits per heavy atom. The minimum absolute atomic E-state index is 0.0907. The Morgan fingerprint density at radius 2 is 1.75 bits per heavy atom. The molecule has 0 spiro atoms. The van der Waals surface area contributed by atoms with Crippen molar-refractivity contribution in [2.75, 3.05) is 5.32 Å². The van der Waals surface area contributed by atoms with Crippen molar-refractivity contribution in [1.82, 2.24) is 9.78 Å². The van der Waals surface area contributed by atoms with Gasteiger partial charge in [0.25, 0.3) is 0 Å². The molecule has 0 aliphatic heterocycles. The predicted molar refractivity (Wildman–Crippen MR) is 100 cm³/mol. The van der Waals surface area contributed by atoms with Crippen molar-refractivity contribution in [3.63, 3.8) is 0 Å². The molecule has 0 bridgehead atoms. The van der Waals surface area contributed by atoms with E-state index in [1.54, 1.807) is 34.9 Å². The van der Waals surface area contributed by atoms with Crippen molar-refractivity contribution >= 4 is 39.3 Å². The van der Waals surface area contributed by atoms with Gasteiger partial charge in [0.1, 0.15) is 6.04 Å². The number of amides is 1. The summed E-state index contributed by atoms with van der Waals surface area (Å²) in [5, 5.41) is 7.01. The van der Waals surface area contributed by atoms with Gasteiger partial charge < -0.3 is 5.32 Å². The molecular formula is C18H16BrN3OS. The summed E-state index contributed by atoms with van der Waals surface area (Å²) in [5.41, 5.74) is 0.777. The average Bonchev–Trinajstić information content (AvgIpc) is 3.12. The van der Waals surface area contributed by atoms with Crippen LogP contribution in [0.2, 0.25) is 0 Å². The number of nitrogens with zero attached hydrogens (tertiary/aromatic N) is 2. The highest BCUT2D eigenvalue weighted by molar-refractivity contribution is 9.10. The topological polar surface area (TPSA) is 46.9 Å². The SMILES string of the molecule is C[C@@H](C(=O)Nc1ccc(Sc2ccc(Br)cc2)cc1)n1cccn1. The first kappa shape index (κ1) is 16.8. The molecule has 122 valence electrons. The van der Waals surface area contributed by atoms with Gasteiger partial charge in [-0.3, -0.25) is 9.48 Å². The Hall–Kier alpha value is -2.05. The fourth-order valence-corrected chi connectivity index (χ4v) is 3.20. The average molecular weight is 402 g/mol. The molecule has 4 nitrogen and oxygen atoms in total. The van der Waals surface area contributed by atoms with E-state index in [-0.39, 0.29) is 11.9 Å². The molecule has 0 aliphatic rings. The van der Waals surface area contributed by atoms with Gasteiger partial charge in [0, 0.05) is 32.3 Å². The van der Waals surface area contributed by atoms with E-state index in [0.29, 0.717) is 0 Å². The Balaban J connectivity index is 1.62. The molecule has 0 saturated heterocycles. The maximum Gasteiger partial charge on any atom is 0.248 e. The van der Waals surface area contributed by atoms with Crippen molar-refractivity contribution in [3.8, 4) is 0 Å².